The molecular formula is C13H10BrClN2O2. The van der Waals surface area contributed by atoms with Crippen LogP contribution in [0, 0.1) is 0 Å². The molecule has 6 heteroatoms. The lowest BCUT2D eigenvalue weighted by molar-refractivity contribution is 0.102. The number of hydrogen-bond donors (Lipinski definition) is 1. The number of carbonyl (C=O) groups is 1. The highest BCUT2D eigenvalue weighted by Gasteiger charge is 2.11. The van der Waals surface area contributed by atoms with Gasteiger partial charge in [-0.3, -0.25) is 4.79 Å². The number of halogens is 2. The van der Waals surface area contributed by atoms with Gasteiger partial charge < -0.3 is 10.1 Å². The molecule has 1 aromatic carbocycles. The molecule has 0 aliphatic carbocycles. The Balaban J connectivity index is 2.23. The first-order valence-electron chi connectivity index (χ1n) is 5.37. The lowest BCUT2D eigenvalue weighted by Crippen LogP contribution is -2.13. The van der Waals surface area contributed by atoms with E-state index >= 15 is 0 Å². The van der Waals surface area contributed by atoms with Crippen molar-refractivity contribution in [3.8, 4) is 5.88 Å². The minimum atomic E-state index is -0.277. The van der Waals surface area contributed by atoms with Crippen LogP contribution in [-0.4, -0.2) is 18.0 Å². The fourth-order valence-corrected chi connectivity index (χ4v) is 1.91. The Morgan fingerprint density at radius 1 is 1.42 bits per heavy atom. The van der Waals surface area contributed by atoms with Crippen molar-refractivity contribution >= 4 is 39.1 Å². The highest BCUT2D eigenvalue weighted by atomic mass is 79.9. The van der Waals surface area contributed by atoms with Crippen LogP contribution in [0.4, 0.5) is 5.69 Å². The van der Waals surface area contributed by atoms with E-state index in [-0.39, 0.29) is 5.91 Å². The molecule has 19 heavy (non-hydrogen) atoms. The van der Waals surface area contributed by atoms with Crippen molar-refractivity contribution in [1.82, 2.24) is 4.98 Å². The van der Waals surface area contributed by atoms with E-state index in [1.807, 2.05) is 0 Å². The predicted octanol–water partition coefficient (Wildman–Crippen LogP) is 3.76. The minimum absolute atomic E-state index is 0.277. The molecule has 0 unspecified atom stereocenters. The third-order valence-electron chi connectivity index (χ3n) is 2.39. The van der Waals surface area contributed by atoms with E-state index in [4.69, 9.17) is 16.3 Å². The number of aromatic nitrogens is 1. The predicted molar refractivity (Wildman–Crippen MR) is 77.9 cm³/mol. The standard InChI is InChI=1S/C13H10BrClN2O2/c1-19-13-11(3-2-6-16-13)17-12(18)8-4-5-9(14)10(15)7-8/h2-7H,1H3,(H,17,18). The molecule has 98 valence electrons. The summed E-state index contributed by atoms with van der Waals surface area (Å²) < 4.78 is 5.81. The fourth-order valence-electron chi connectivity index (χ4n) is 1.48. The molecule has 0 saturated carbocycles. The summed E-state index contributed by atoms with van der Waals surface area (Å²) in [6.45, 7) is 0. The van der Waals surface area contributed by atoms with Gasteiger partial charge in [-0.15, -0.1) is 0 Å². The molecule has 2 aromatic rings. The molecule has 0 atom stereocenters. The van der Waals surface area contributed by atoms with Crippen LogP contribution in [0.3, 0.4) is 0 Å². The Bertz CT molecular complexity index is 619. The number of methoxy groups -OCH3 is 1. The van der Waals surface area contributed by atoms with Crippen LogP contribution >= 0.6 is 27.5 Å². The second kappa shape index (κ2) is 6.04. The number of anilines is 1. The van der Waals surface area contributed by atoms with E-state index in [9.17, 15) is 4.79 Å². The normalized spacial score (nSPS) is 10.1. The quantitative estimate of drug-likeness (QED) is 0.925. The zero-order valence-electron chi connectivity index (χ0n) is 9.98. The monoisotopic (exact) mass is 340 g/mol. The van der Waals surface area contributed by atoms with Gasteiger partial charge in [-0.25, -0.2) is 4.98 Å². The highest BCUT2D eigenvalue weighted by molar-refractivity contribution is 9.10. The summed E-state index contributed by atoms with van der Waals surface area (Å²) in [4.78, 5) is 16.1. The molecule has 1 N–H and O–H groups in total. The summed E-state index contributed by atoms with van der Waals surface area (Å²) in [6, 6.07) is 8.41. The number of benzene rings is 1. The van der Waals surface area contributed by atoms with Crippen LogP contribution in [0.2, 0.25) is 5.02 Å². The number of nitrogens with zero attached hydrogens (tertiary/aromatic N) is 1. The number of carbonyl (C=O) groups excluding carboxylic acids is 1. The maximum absolute atomic E-state index is 12.1. The number of rotatable bonds is 3. The molecule has 0 aliphatic heterocycles. The molecule has 1 aromatic heterocycles. The summed E-state index contributed by atoms with van der Waals surface area (Å²) >= 11 is 9.23. The van der Waals surface area contributed by atoms with Crippen molar-refractivity contribution in [1.29, 1.82) is 0 Å². The van der Waals surface area contributed by atoms with Crippen molar-refractivity contribution in [2.24, 2.45) is 0 Å². The fraction of sp³-hybridized carbons (Fsp3) is 0.0769. The maximum Gasteiger partial charge on any atom is 0.255 e. The summed E-state index contributed by atoms with van der Waals surface area (Å²) in [5.41, 5.74) is 0.966. The molecule has 0 bridgehead atoms. The van der Waals surface area contributed by atoms with Gasteiger partial charge in [-0.2, -0.15) is 0 Å². The van der Waals surface area contributed by atoms with Gasteiger partial charge >= 0.3 is 0 Å². The van der Waals surface area contributed by atoms with Gasteiger partial charge in [0.1, 0.15) is 5.69 Å². The van der Waals surface area contributed by atoms with Gasteiger partial charge in [-0.05, 0) is 46.3 Å². The van der Waals surface area contributed by atoms with Crippen molar-refractivity contribution < 1.29 is 9.53 Å². The van der Waals surface area contributed by atoms with Crippen LogP contribution < -0.4 is 10.1 Å². The Kier molecular flexibility index (Phi) is 4.39. The van der Waals surface area contributed by atoms with Crippen LogP contribution in [-0.2, 0) is 0 Å². The molecular weight excluding hydrogens is 332 g/mol. The zero-order valence-corrected chi connectivity index (χ0v) is 12.3. The minimum Gasteiger partial charge on any atom is -0.480 e. The summed E-state index contributed by atoms with van der Waals surface area (Å²) in [5, 5.41) is 3.20. The number of pyridine rings is 1. The van der Waals surface area contributed by atoms with E-state index in [2.05, 4.69) is 26.2 Å². The number of ether oxygens (including phenoxy) is 1. The van der Waals surface area contributed by atoms with Gasteiger partial charge in [0, 0.05) is 16.2 Å². The first-order valence-corrected chi connectivity index (χ1v) is 6.54. The first kappa shape index (κ1) is 13.8. The molecule has 1 heterocycles. The van der Waals surface area contributed by atoms with E-state index in [0.29, 0.717) is 22.2 Å². The van der Waals surface area contributed by atoms with Crippen LogP contribution in [0.25, 0.3) is 0 Å². The Morgan fingerprint density at radius 3 is 2.89 bits per heavy atom. The largest absolute Gasteiger partial charge is 0.480 e. The SMILES string of the molecule is COc1ncccc1NC(=O)c1ccc(Br)c(Cl)c1. The third kappa shape index (κ3) is 3.24. The van der Waals surface area contributed by atoms with E-state index < -0.39 is 0 Å². The van der Waals surface area contributed by atoms with E-state index in [0.717, 1.165) is 4.47 Å². The van der Waals surface area contributed by atoms with Crippen LogP contribution in [0.1, 0.15) is 10.4 Å². The molecule has 0 aliphatic rings. The number of amides is 1. The Labute approximate surface area is 123 Å². The molecule has 2 rings (SSSR count). The third-order valence-corrected chi connectivity index (χ3v) is 3.63. The topological polar surface area (TPSA) is 51.2 Å². The molecule has 1 amide bonds. The Morgan fingerprint density at radius 2 is 2.21 bits per heavy atom. The average Bonchev–Trinajstić information content (AvgIpc) is 2.42. The van der Waals surface area contributed by atoms with Crippen molar-refractivity contribution in [2.75, 3.05) is 12.4 Å². The van der Waals surface area contributed by atoms with Gasteiger partial charge in [-0.1, -0.05) is 11.6 Å². The number of nitrogens with one attached hydrogen (secondary N) is 1. The first-order chi connectivity index (χ1) is 9.11. The van der Waals surface area contributed by atoms with Gasteiger partial charge in [0.25, 0.3) is 5.91 Å². The summed E-state index contributed by atoms with van der Waals surface area (Å²) in [6.07, 6.45) is 1.59. The molecule has 0 saturated heterocycles. The lowest BCUT2D eigenvalue weighted by Gasteiger charge is -2.09. The van der Waals surface area contributed by atoms with Crippen LogP contribution in [0.5, 0.6) is 5.88 Å². The average molecular weight is 342 g/mol. The van der Waals surface area contributed by atoms with E-state index in [1.54, 1.807) is 36.5 Å². The summed E-state index contributed by atoms with van der Waals surface area (Å²) in [7, 11) is 1.49. The van der Waals surface area contributed by atoms with Gasteiger partial charge in [0.15, 0.2) is 0 Å². The zero-order chi connectivity index (χ0) is 13.8. The van der Waals surface area contributed by atoms with Crippen molar-refractivity contribution in [3.63, 3.8) is 0 Å². The molecule has 0 radical (unpaired) electrons. The second-order valence-corrected chi connectivity index (χ2v) is 4.90. The lowest BCUT2D eigenvalue weighted by atomic mass is 10.2. The van der Waals surface area contributed by atoms with Crippen LogP contribution in [0.15, 0.2) is 41.0 Å². The van der Waals surface area contributed by atoms with Crippen molar-refractivity contribution in [3.05, 3.63) is 51.6 Å². The highest BCUT2D eigenvalue weighted by Crippen LogP contribution is 2.25. The molecule has 0 spiro atoms. The smallest absolute Gasteiger partial charge is 0.255 e. The van der Waals surface area contributed by atoms with E-state index in [1.165, 1.54) is 7.11 Å². The maximum atomic E-state index is 12.1. The van der Waals surface area contributed by atoms with Crippen molar-refractivity contribution in [2.45, 2.75) is 0 Å². The Hall–Kier alpha value is -1.59. The molecule has 4 nitrogen and oxygen atoms in total. The number of hydrogen-bond acceptors (Lipinski definition) is 3. The second-order valence-electron chi connectivity index (χ2n) is 3.64. The molecule has 0 fully saturated rings. The summed E-state index contributed by atoms with van der Waals surface area (Å²) in [5.74, 6) is 0.0831. The van der Waals surface area contributed by atoms with Gasteiger partial charge in [0.2, 0.25) is 5.88 Å². The van der Waals surface area contributed by atoms with Gasteiger partial charge in [0.05, 0.1) is 12.1 Å².